The largest absolute Gasteiger partial charge is 0.355 e. The van der Waals surface area contributed by atoms with E-state index in [1.165, 1.54) is 0 Å². The number of nitrogens with zero attached hydrogens (tertiary/aromatic N) is 1. The van der Waals surface area contributed by atoms with Gasteiger partial charge in [0.25, 0.3) is 0 Å². The van der Waals surface area contributed by atoms with Gasteiger partial charge in [-0.1, -0.05) is 12.2 Å². The fraction of sp³-hybridized carbons (Fsp3) is 0.750. The lowest BCUT2D eigenvalue weighted by Crippen LogP contribution is -2.46. The van der Waals surface area contributed by atoms with E-state index < -0.39 is 5.72 Å². The second-order valence-electron chi connectivity index (χ2n) is 4.71. The molecule has 2 rings (SSSR count). The van der Waals surface area contributed by atoms with Crippen LogP contribution in [0.5, 0.6) is 0 Å². The van der Waals surface area contributed by atoms with Crippen LogP contribution in [0.2, 0.25) is 0 Å². The normalized spacial score (nSPS) is 35.4. The van der Waals surface area contributed by atoms with E-state index in [4.69, 9.17) is 4.74 Å². The second-order valence-corrected chi connectivity index (χ2v) is 4.71. The number of hydrogen-bond acceptors (Lipinski definition) is 2. The Labute approximate surface area is 96.6 Å². The summed E-state index contributed by atoms with van der Waals surface area (Å²) in [5.74, 6) is 0.919. The van der Waals surface area contributed by atoms with Gasteiger partial charge in [-0.15, -0.1) is 0 Å². The van der Waals surface area contributed by atoms with Crippen LogP contribution < -0.4 is 5.32 Å². The Morgan fingerprint density at radius 3 is 2.44 bits per heavy atom. The second kappa shape index (κ2) is 4.09. The molecule has 3 atom stereocenters. The molecule has 0 aromatic carbocycles. The zero-order valence-corrected chi connectivity index (χ0v) is 10.2. The van der Waals surface area contributed by atoms with Gasteiger partial charge in [-0.2, -0.15) is 0 Å². The summed E-state index contributed by atoms with van der Waals surface area (Å²) in [6.07, 6.45) is 6.39. The Balaban J connectivity index is 2.05. The molecular weight excluding hydrogens is 204 g/mol. The number of amides is 2. The molecule has 2 aliphatic rings. The minimum Gasteiger partial charge on any atom is -0.355 e. The number of hydrogen-bond donors (Lipinski definition) is 1. The molecule has 4 heteroatoms. The van der Waals surface area contributed by atoms with E-state index in [9.17, 15) is 4.79 Å². The highest BCUT2D eigenvalue weighted by atomic mass is 16.5. The molecule has 2 amide bonds. The average Bonchev–Trinajstić information content (AvgIpc) is 2.87. The topological polar surface area (TPSA) is 41.6 Å². The van der Waals surface area contributed by atoms with Gasteiger partial charge in [0.15, 0.2) is 0 Å². The Bertz CT molecular complexity index is 298. The molecule has 0 aromatic heterocycles. The Hall–Kier alpha value is -1.03. The first-order valence-electron chi connectivity index (χ1n) is 5.90. The zero-order chi connectivity index (χ0) is 11.8. The number of urea groups is 1. The van der Waals surface area contributed by atoms with Crippen molar-refractivity contribution < 1.29 is 9.53 Å². The number of allylic oxidation sites excluding steroid dienone is 2. The van der Waals surface area contributed by atoms with E-state index in [0.717, 1.165) is 12.8 Å². The van der Waals surface area contributed by atoms with Crippen LogP contribution in [0.25, 0.3) is 0 Å². The highest BCUT2D eigenvalue weighted by Gasteiger charge is 2.66. The number of nitrogens with one attached hydrogen (secondary N) is 1. The lowest BCUT2D eigenvalue weighted by Gasteiger charge is -2.22. The van der Waals surface area contributed by atoms with E-state index in [2.05, 4.69) is 17.5 Å². The molecular formula is C12H20N2O2. The van der Waals surface area contributed by atoms with Crippen LogP contribution >= 0.6 is 0 Å². The van der Waals surface area contributed by atoms with Crippen LogP contribution in [0.4, 0.5) is 4.79 Å². The molecule has 0 saturated heterocycles. The molecule has 1 fully saturated rings. The number of carbonyl (C=O) groups excluding carboxylic acids is 1. The number of ether oxygens (including phenoxy) is 1. The molecule has 4 nitrogen and oxygen atoms in total. The summed E-state index contributed by atoms with van der Waals surface area (Å²) in [7, 11) is 3.50. The fourth-order valence-corrected chi connectivity index (χ4v) is 2.63. The van der Waals surface area contributed by atoms with Crippen LogP contribution in [0.15, 0.2) is 12.2 Å². The molecule has 1 unspecified atom stereocenters. The molecule has 0 spiro atoms. The maximum Gasteiger partial charge on any atom is 0.319 e. The van der Waals surface area contributed by atoms with Crippen molar-refractivity contribution in [1.82, 2.24) is 10.2 Å². The maximum absolute atomic E-state index is 11.7. The monoisotopic (exact) mass is 224 g/mol. The van der Waals surface area contributed by atoms with Gasteiger partial charge in [-0.05, 0) is 19.8 Å². The predicted octanol–water partition coefficient (Wildman–Crippen LogP) is 1.59. The first-order chi connectivity index (χ1) is 7.62. The quantitative estimate of drug-likeness (QED) is 0.584. The molecule has 2 aliphatic carbocycles. The Kier molecular flexibility index (Phi) is 2.93. The molecule has 90 valence electrons. The van der Waals surface area contributed by atoms with Crippen molar-refractivity contribution in [2.45, 2.75) is 25.5 Å². The summed E-state index contributed by atoms with van der Waals surface area (Å²) in [5.41, 5.74) is -0.403. The Morgan fingerprint density at radius 2 is 2.00 bits per heavy atom. The van der Waals surface area contributed by atoms with Gasteiger partial charge in [0.05, 0.1) is 0 Å². The van der Waals surface area contributed by atoms with Crippen LogP contribution in [-0.2, 0) is 4.74 Å². The highest BCUT2D eigenvalue weighted by molar-refractivity contribution is 5.75. The molecule has 0 heterocycles. The summed E-state index contributed by atoms with van der Waals surface area (Å²) in [4.78, 5) is 13.3. The first-order valence-corrected chi connectivity index (χ1v) is 5.90. The highest BCUT2D eigenvalue weighted by Crippen LogP contribution is 2.57. The van der Waals surface area contributed by atoms with Gasteiger partial charge in [0.2, 0.25) is 0 Å². The molecule has 1 N–H and O–H groups in total. The summed E-state index contributed by atoms with van der Waals surface area (Å²) in [5, 5.41) is 3.03. The minimum atomic E-state index is -0.403. The molecule has 0 aliphatic heterocycles. The maximum atomic E-state index is 11.7. The van der Waals surface area contributed by atoms with Gasteiger partial charge in [-0.25, -0.2) is 4.79 Å². The van der Waals surface area contributed by atoms with Gasteiger partial charge in [0, 0.05) is 32.5 Å². The smallest absolute Gasteiger partial charge is 0.319 e. The van der Waals surface area contributed by atoms with E-state index in [0.29, 0.717) is 18.4 Å². The van der Waals surface area contributed by atoms with Crippen molar-refractivity contribution >= 4 is 6.03 Å². The van der Waals surface area contributed by atoms with Crippen LogP contribution in [0.1, 0.15) is 19.8 Å². The van der Waals surface area contributed by atoms with E-state index in [1.807, 2.05) is 6.92 Å². The summed E-state index contributed by atoms with van der Waals surface area (Å²) < 4.78 is 5.81. The number of rotatable bonds is 3. The lowest BCUT2D eigenvalue weighted by atomic mass is 10.1. The Morgan fingerprint density at radius 1 is 1.44 bits per heavy atom. The molecule has 0 bridgehead atoms. The van der Waals surface area contributed by atoms with Crippen molar-refractivity contribution in [3.63, 3.8) is 0 Å². The molecule has 0 aromatic rings. The molecule has 16 heavy (non-hydrogen) atoms. The predicted molar refractivity (Wildman–Crippen MR) is 61.9 cm³/mol. The number of carbonyl (C=O) groups is 1. The van der Waals surface area contributed by atoms with Gasteiger partial charge >= 0.3 is 6.03 Å². The van der Waals surface area contributed by atoms with Gasteiger partial charge in [0.1, 0.15) is 5.72 Å². The molecule has 1 saturated carbocycles. The van der Waals surface area contributed by atoms with Crippen LogP contribution in [0.3, 0.4) is 0 Å². The first kappa shape index (κ1) is 11.5. The van der Waals surface area contributed by atoms with E-state index in [-0.39, 0.29) is 6.03 Å². The van der Waals surface area contributed by atoms with Gasteiger partial charge in [-0.3, -0.25) is 0 Å². The van der Waals surface area contributed by atoms with Gasteiger partial charge < -0.3 is 15.0 Å². The number of fused-ring (bicyclic) bond motifs is 1. The lowest BCUT2D eigenvalue weighted by molar-refractivity contribution is 0.000689. The van der Waals surface area contributed by atoms with Crippen molar-refractivity contribution in [2.75, 3.05) is 20.7 Å². The summed E-state index contributed by atoms with van der Waals surface area (Å²) in [6, 6.07) is -0.0668. The fourth-order valence-electron chi connectivity index (χ4n) is 2.63. The summed E-state index contributed by atoms with van der Waals surface area (Å²) in [6.45, 7) is 2.61. The van der Waals surface area contributed by atoms with Crippen molar-refractivity contribution in [3.05, 3.63) is 12.2 Å². The SMILES string of the molecule is CCOC1(NC(=O)N(C)C)[C@@H]2CC=CC[C@@H]21. The van der Waals surface area contributed by atoms with E-state index >= 15 is 0 Å². The molecule has 0 radical (unpaired) electrons. The third-order valence-corrected chi connectivity index (χ3v) is 3.52. The van der Waals surface area contributed by atoms with Crippen molar-refractivity contribution in [3.8, 4) is 0 Å². The zero-order valence-electron chi connectivity index (χ0n) is 10.2. The van der Waals surface area contributed by atoms with Crippen LogP contribution in [0, 0.1) is 11.8 Å². The van der Waals surface area contributed by atoms with Crippen LogP contribution in [-0.4, -0.2) is 37.4 Å². The third-order valence-electron chi connectivity index (χ3n) is 3.52. The standard InChI is InChI=1S/C12H20N2O2/c1-4-16-12(13-11(15)14(2)3)9-7-5-6-8-10(9)12/h5-6,9-10H,4,7-8H2,1-3H3,(H,13,15)/t9-,10+,12?. The average molecular weight is 224 g/mol. The van der Waals surface area contributed by atoms with E-state index in [1.54, 1.807) is 19.0 Å². The van der Waals surface area contributed by atoms with Crippen molar-refractivity contribution in [1.29, 1.82) is 0 Å². The van der Waals surface area contributed by atoms with Crippen molar-refractivity contribution in [2.24, 2.45) is 11.8 Å². The minimum absolute atomic E-state index is 0.0668. The summed E-state index contributed by atoms with van der Waals surface area (Å²) >= 11 is 0. The third kappa shape index (κ3) is 1.71.